The molecule has 4 heterocycles. The van der Waals surface area contributed by atoms with Gasteiger partial charge >= 0.3 is 0 Å². The molecule has 0 aliphatic carbocycles. The number of pyridine rings is 1. The summed E-state index contributed by atoms with van der Waals surface area (Å²) in [5.74, 6) is 0.389. The van der Waals surface area contributed by atoms with Crippen LogP contribution in [0.5, 0.6) is 0 Å². The van der Waals surface area contributed by atoms with Gasteiger partial charge in [-0.2, -0.15) is 5.10 Å². The number of thiophene rings is 1. The molecule has 5 rings (SSSR count). The van der Waals surface area contributed by atoms with Crippen LogP contribution in [0.4, 0.5) is 5.69 Å². The van der Waals surface area contributed by atoms with E-state index in [1.807, 2.05) is 61.8 Å². The molecule has 4 aromatic heterocycles. The summed E-state index contributed by atoms with van der Waals surface area (Å²) in [4.78, 5) is 19.1. The first kappa shape index (κ1) is 19.1. The Morgan fingerprint density at radius 3 is 2.71 bits per heavy atom. The molecule has 0 bridgehead atoms. The van der Waals surface area contributed by atoms with Crippen molar-refractivity contribution >= 4 is 34.0 Å². The minimum atomic E-state index is -0.227. The fourth-order valence-corrected chi connectivity index (χ4v) is 4.27. The first-order chi connectivity index (χ1) is 15.0. The van der Waals surface area contributed by atoms with Crippen LogP contribution < -0.4 is 5.32 Å². The lowest BCUT2D eigenvalue weighted by molar-refractivity contribution is 0.102. The largest absolute Gasteiger partial charge is 0.322 e. The molecule has 9 nitrogen and oxygen atoms in total. The first-order valence-electron chi connectivity index (χ1n) is 9.53. The summed E-state index contributed by atoms with van der Waals surface area (Å²) in [6.07, 6.45) is 0. The van der Waals surface area contributed by atoms with Crippen LogP contribution in [0, 0.1) is 6.92 Å². The van der Waals surface area contributed by atoms with E-state index in [0.717, 1.165) is 27.2 Å². The molecule has 0 unspecified atom stereocenters. The molecule has 1 aromatic carbocycles. The van der Waals surface area contributed by atoms with Gasteiger partial charge in [-0.15, -0.1) is 16.4 Å². The van der Waals surface area contributed by atoms with Crippen molar-refractivity contribution in [2.75, 3.05) is 5.32 Å². The van der Waals surface area contributed by atoms with Gasteiger partial charge in [0, 0.05) is 25.3 Å². The monoisotopic (exact) mass is 430 g/mol. The van der Waals surface area contributed by atoms with Gasteiger partial charge in [-0.1, -0.05) is 18.2 Å². The smallest absolute Gasteiger partial charge is 0.256 e. The van der Waals surface area contributed by atoms with Crippen LogP contribution in [0.15, 0.2) is 47.8 Å². The standard InChI is InChI=1S/C21H18N8OS/c1-12-18-15(11-16(17-8-5-9-31-17)23-20(18)28(2)25-12)21(30)22-14-7-4-6-13(10-14)19-24-26-27-29(19)3/h4-11H,1-3H3,(H,22,30). The van der Waals surface area contributed by atoms with Crippen molar-refractivity contribution < 1.29 is 4.79 Å². The predicted octanol–water partition coefficient (Wildman–Crippen LogP) is 3.45. The van der Waals surface area contributed by atoms with Crippen LogP contribution >= 0.6 is 11.3 Å². The number of nitrogens with one attached hydrogen (secondary N) is 1. The van der Waals surface area contributed by atoms with Crippen LogP contribution in [0.25, 0.3) is 33.0 Å². The summed E-state index contributed by atoms with van der Waals surface area (Å²) in [7, 11) is 3.60. The Morgan fingerprint density at radius 1 is 1.10 bits per heavy atom. The normalized spacial score (nSPS) is 11.2. The third-order valence-corrected chi connectivity index (χ3v) is 5.88. The van der Waals surface area contributed by atoms with Crippen molar-refractivity contribution in [3.63, 3.8) is 0 Å². The van der Waals surface area contributed by atoms with Gasteiger partial charge in [-0.05, 0) is 47.0 Å². The third-order valence-electron chi connectivity index (χ3n) is 4.99. The van der Waals surface area contributed by atoms with E-state index < -0.39 is 0 Å². The molecule has 0 spiro atoms. The van der Waals surface area contributed by atoms with Gasteiger partial charge in [0.2, 0.25) is 0 Å². The van der Waals surface area contributed by atoms with Crippen molar-refractivity contribution in [1.82, 2.24) is 35.0 Å². The van der Waals surface area contributed by atoms with E-state index >= 15 is 0 Å². The van der Waals surface area contributed by atoms with Gasteiger partial charge in [0.15, 0.2) is 11.5 Å². The Kier molecular flexibility index (Phi) is 4.55. The van der Waals surface area contributed by atoms with E-state index in [9.17, 15) is 4.79 Å². The second-order valence-electron chi connectivity index (χ2n) is 7.10. The fourth-order valence-electron chi connectivity index (χ4n) is 3.58. The minimum Gasteiger partial charge on any atom is -0.322 e. The number of rotatable bonds is 4. The molecule has 0 atom stereocenters. The zero-order valence-electron chi connectivity index (χ0n) is 17.1. The van der Waals surface area contributed by atoms with Gasteiger partial charge in [-0.25, -0.2) is 9.67 Å². The number of aromatic nitrogens is 7. The molecule has 1 N–H and O–H groups in total. The Labute approximate surface area is 181 Å². The van der Waals surface area contributed by atoms with E-state index in [2.05, 4.69) is 25.9 Å². The lowest BCUT2D eigenvalue weighted by atomic mass is 10.1. The maximum atomic E-state index is 13.4. The summed E-state index contributed by atoms with van der Waals surface area (Å²) in [5, 5.41) is 21.8. The van der Waals surface area contributed by atoms with Gasteiger partial charge in [0.05, 0.1) is 27.2 Å². The summed E-state index contributed by atoms with van der Waals surface area (Å²) in [5.41, 5.74) is 4.16. The molecule has 1 amide bonds. The highest BCUT2D eigenvalue weighted by atomic mass is 32.1. The summed E-state index contributed by atoms with van der Waals surface area (Å²) >= 11 is 1.58. The maximum Gasteiger partial charge on any atom is 0.256 e. The predicted molar refractivity (Wildman–Crippen MR) is 119 cm³/mol. The van der Waals surface area contributed by atoms with Crippen molar-refractivity contribution in [2.24, 2.45) is 14.1 Å². The van der Waals surface area contributed by atoms with Gasteiger partial charge in [0.1, 0.15) is 0 Å². The van der Waals surface area contributed by atoms with Crippen molar-refractivity contribution in [2.45, 2.75) is 6.92 Å². The van der Waals surface area contributed by atoms with Gasteiger partial charge in [-0.3, -0.25) is 9.48 Å². The average molecular weight is 430 g/mol. The van der Waals surface area contributed by atoms with Crippen LogP contribution in [-0.4, -0.2) is 40.9 Å². The van der Waals surface area contributed by atoms with Crippen molar-refractivity contribution in [3.8, 4) is 22.0 Å². The van der Waals surface area contributed by atoms with Gasteiger partial charge < -0.3 is 5.32 Å². The number of amides is 1. The maximum absolute atomic E-state index is 13.4. The fraction of sp³-hybridized carbons (Fsp3) is 0.143. The lowest BCUT2D eigenvalue weighted by Gasteiger charge is -2.10. The number of anilines is 1. The summed E-state index contributed by atoms with van der Waals surface area (Å²) < 4.78 is 3.29. The van der Waals surface area contributed by atoms with Crippen LogP contribution in [-0.2, 0) is 14.1 Å². The minimum absolute atomic E-state index is 0.227. The molecule has 10 heteroatoms. The Morgan fingerprint density at radius 2 is 1.97 bits per heavy atom. The number of aryl methyl sites for hydroxylation is 3. The Hall–Kier alpha value is -3.92. The van der Waals surface area contributed by atoms with Crippen molar-refractivity contribution in [3.05, 3.63) is 59.1 Å². The van der Waals surface area contributed by atoms with E-state index in [1.54, 1.807) is 27.7 Å². The van der Waals surface area contributed by atoms with E-state index in [1.165, 1.54) is 0 Å². The molecule has 154 valence electrons. The topological polar surface area (TPSA) is 103 Å². The Balaban J connectivity index is 1.57. The quantitative estimate of drug-likeness (QED) is 0.468. The van der Waals surface area contributed by atoms with Crippen LogP contribution in [0.2, 0.25) is 0 Å². The highest BCUT2D eigenvalue weighted by Crippen LogP contribution is 2.30. The van der Waals surface area contributed by atoms with Crippen molar-refractivity contribution in [1.29, 1.82) is 0 Å². The molecule has 0 fully saturated rings. The van der Waals surface area contributed by atoms with E-state index in [0.29, 0.717) is 22.7 Å². The summed E-state index contributed by atoms with van der Waals surface area (Å²) in [6.45, 7) is 1.88. The third kappa shape index (κ3) is 3.36. The number of carbonyl (C=O) groups is 1. The zero-order chi connectivity index (χ0) is 21.5. The second-order valence-corrected chi connectivity index (χ2v) is 8.05. The first-order valence-corrected chi connectivity index (χ1v) is 10.4. The molecule has 0 aliphatic rings. The molecule has 0 radical (unpaired) electrons. The van der Waals surface area contributed by atoms with E-state index in [4.69, 9.17) is 4.98 Å². The molecular weight excluding hydrogens is 412 g/mol. The summed E-state index contributed by atoms with van der Waals surface area (Å²) in [6, 6.07) is 13.2. The molecule has 0 saturated heterocycles. The lowest BCUT2D eigenvalue weighted by Crippen LogP contribution is -2.13. The molecule has 0 aliphatic heterocycles. The van der Waals surface area contributed by atoms with Crippen LogP contribution in [0.3, 0.4) is 0 Å². The second kappa shape index (κ2) is 7.40. The zero-order valence-corrected chi connectivity index (χ0v) is 17.9. The molecule has 31 heavy (non-hydrogen) atoms. The number of carbonyl (C=O) groups excluding carboxylic acids is 1. The Bertz CT molecular complexity index is 1420. The number of hydrogen-bond acceptors (Lipinski definition) is 7. The highest BCUT2D eigenvalue weighted by molar-refractivity contribution is 7.13. The SMILES string of the molecule is Cc1nn(C)c2nc(-c3cccs3)cc(C(=O)Nc3cccc(-c4nnnn4C)c3)c12. The molecule has 0 saturated carbocycles. The number of nitrogens with zero attached hydrogens (tertiary/aromatic N) is 7. The number of benzene rings is 1. The number of tetrazole rings is 1. The van der Waals surface area contributed by atoms with Crippen LogP contribution in [0.1, 0.15) is 16.1 Å². The molecular formula is C21H18N8OS. The van der Waals surface area contributed by atoms with E-state index in [-0.39, 0.29) is 5.91 Å². The molecule has 5 aromatic rings. The number of hydrogen-bond donors (Lipinski definition) is 1. The van der Waals surface area contributed by atoms with Gasteiger partial charge in [0.25, 0.3) is 5.91 Å². The number of fused-ring (bicyclic) bond motifs is 1. The average Bonchev–Trinajstić information content (AvgIpc) is 3.49. The highest BCUT2D eigenvalue weighted by Gasteiger charge is 2.20.